The van der Waals surface area contributed by atoms with E-state index in [0.717, 1.165) is 20.3 Å². The van der Waals surface area contributed by atoms with Crippen molar-refractivity contribution in [3.8, 4) is 11.5 Å². The van der Waals surface area contributed by atoms with Crippen LogP contribution in [-0.2, 0) is 0 Å². The second-order valence-electron chi connectivity index (χ2n) is 3.25. The minimum atomic E-state index is -1.75. The number of hydrogen-bond donors (Lipinski definition) is 2. The molecule has 102 valence electrons. The lowest BCUT2D eigenvalue weighted by Crippen LogP contribution is -2.13. The third kappa shape index (κ3) is 2.39. The van der Waals surface area contributed by atoms with E-state index in [1.807, 2.05) is 0 Å². The molecule has 1 aromatic rings. The van der Waals surface area contributed by atoms with Gasteiger partial charge in [-0.3, -0.25) is 10.1 Å². The predicted molar refractivity (Wildman–Crippen MR) is 60.1 cm³/mol. The van der Waals surface area contributed by atoms with Crippen molar-refractivity contribution in [3.05, 3.63) is 27.3 Å². The largest absolute Gasteiger partial charge is 0.493 e. The zero-order valence-electron chi connectivity index (χ0n) is 9.87. The van der Waals surface area contributed by atoms with E-state index in [1.54, 1.807) is 0 Å². The summed E-state index contributed by atoms with van der Waals surface area (Å²) in [5, 5.41) is 28.8. The van der Waals surface area contributed by atoms with Crippen LogP contribution in [0.3, 0.4) is 0 Å². The van der Waals surface area contributed by atoms with Gasteiger partial charge in [0.05, 0.1) is 25.2 Å². The van der Waals surface area contributed by atoms with E-state index >= 15 is 0 Å². The van der Waals surface area contributed by atoms with Crippen molar-refractivity contribution in [1.82, 2.24) is 0 Å². The maximum Gasteiger partial charge on any atom is 0.343 e. The summed E-state index contributed by atoms with van der Waals surface area (Å²) in [4.78, 5) is 32.0. The summed E-state index contributed by atoms with van der Waals surface area (Å²) in [6, 6.07) is 0.800. The van der Waals surface area contributed by atoms with Crippen molar-refractivity contribution in [2.24, 2.45) is 0 Å². The highest BCUT2D eigenvalue weighted by atomic mass is 16.6. The number of carboxylic acid groups (broad SMARTS) is 2. The van der Waals surface area contributed by atoms with Crippen LogP contribution in [0, 0.1) is 10.1 Å². The maximum atomic E-state index is 11.1. The fraction of sp³-hybridized carbons (Fsp3) is 0.200. The van der Waals surface area contributed by atoms with Crippen LogP contribution in [0.5, 0.6) is 11.5 Å². The molecule has 0 saturated carbocycles. The van der Waals surface area contributed by atoms with Crippen molar-refractivity contribution in [2.45, 2.75) is 0 Å². The Balaban J connectivity index is 3.89. The van der Waals surface area contributed by atoms with Gasteiger partial charge in [0.2, 0.25) is 0 Å². The van der Waals surface area contributed by atoms with Gasteiger partial charge in [-0.1, -0.05) is 0 Å². The molecule has 0 radical (unpaired) electrons. The number of carbonyl (C=O) groups is 2. The molecule has 0 atom stereocenters. The van der Waals surface area contributed by atoms with Gasteiger partial charge >= 0.3 is 11.9 Å². The SMILES string of the molecule is COc1cc([N+](=O)[O-])c(C(=O)O)c(C(=O)O)c1OC. The second kappa shape index (κ2) is 5.21. The predicted octanol–water partition coefficient (Wildman–Crippen LogP) is 1.01. The number of rotatable bonds is 5. The fourth-order valence-corrected chi connectivity index (χ4v) is 1.55. The van der Waals surface area contributed by atoms with Crippen LogP contribution in [0.1, 0.15) is 20.7 Å². The van der Waals surface area contributed by atoms with E-state index in [2.05, 4.69) is 0 Å². The Morgan fingerprint density at radius 3 is 2.00 bits per heavy atom. The highest BCUT2D eigenvalue weighted by Gasteiger charge is 2.33. The molecule has 0 fully saturated rings. The highest BCUT2D eigenvalue weighted by molar-refractivity contribution is 6.07. The van der Waals surface area contributed by atoms with Crippen LogP contribution < -0.4 is 9.47 Å². The Morgan fingerprint density at radius 2 is 1.68 bits per heavy atom. The molecule has 0 bridgehead atoms. The molecule has 0 aliphatic rings. The fourth-order valence-electron chi connectivity index (χ4n) is 1.55. The summed E-state index contributed by atoms with van der Waals surface area (Å²) in [6.45, 7) is 0. The first-order chi connectivity index (χ1) is 8.84. The number of benzene rings is 1. The summed E-state index contributed by atoms with van der Waals surface area (Å²) >= 11 is 0. The summed E-state index contributed by atoms with van der Waals surface area (Å²) in [7, 11) is 2.25. The topological polar surface area (TPSA) is 136 Å². The first kappa shape index (κ1) is 14.2. The third-order valence-corrected chi connectivity index (χ3v) is 2.27. The lowest BCUT2D eigenvalue weighted by Gasteiger charge is -2.12. The van der Waals surface area contributed by atoms with E-state index in [4.69, 9.17) is 19.7 Å². The molecular weight excluding hydrogens is 262 g/mol. The van der Waals surface area contributed by atoms with Gasteiger partial charge in [0.15, 0.2) is 17.1 Å². The molecule has 0 unspecified atom stereocenters. The number of nitrogens with zero attached hydrogens (tertiary/aromatic N) is 1. The minimum Gasteiger partial charge on any atom is -0.493 e. The molecule has 1 aromatic carbocycles. The van der Waals surface area contributed by atoms with Gasteiger partial charge in [-0.05, 0) is 0 Å². The first-order valence-electron chi connectivity index (χ1n) is 4.75. The molecule has 0 aliphatic heterocycles. The lowest BCUT2D eigenvalue weighted by molar-refractivity contribution is -0.385. The van der Waals surface area contributed by atoms with Crippen LogP contribution in [0.2, 0.25) is 0 Å². The number of hydrogen-bond acceptors (Lipinski definition) is 6. The number of nitro groups is 1. The van der Waals surface area contributed by atoms with E-state index in [1.165, 1.54) is 0 Å². The molecule has 0 amide bonds. The standard InChI is InChI=1S/C10H9NO8/c1-18-5-3-4(11(16)17)6(9(12)13)7(10(14)15)8(5)19-2/h3H,1-2H3,(H,12,13)(H,14,15). The monoisotopic (exact) mass is 271 g/mol. The Labute approximate surface area is 106 Å². The molecule has 0 spiro atoms. The number of nitro benzene ring substituents is 1. The average molecular weight is 271 g/mol. The molecule has 19 heavy (non-hydrogen) atoms. The molecule has 9 nitrogen and oxygen atoms in total. The minimum absolute atomic E-state index is 0.239. The van der Waals surface area contributed by atoms with E-state index in [0.29, 0.717) is 0 Å². The van der Waals surface area contributed by atoms with Gasteiger partial charge in [0, 0.05) is 0 Å². The molecule has 0 aromatic heterocycles. The van der Waals surface area contributed by atoms with E-state index in [-0.39, 0.29) is 5.75 Å². The van der Waals surface area contributed by atoms with Gasteiger partial charge in [-0.25, -0.2) is 9.59 Å². The van der Waals surface area contributed by atoms with Gasteiger partial charge in [-0.15, -0.1) is 0 Å². The zero-order chi connectivity index (χ0) is 14.7. The quantitative estimate of drug-likeness (QED) is 0.597. The number of carboxylic acids is 2. The second-order valence-corrected chi connectivity index (χ2v) is 3.25. The third-order valence-electron chi connectivity index (χ3n) is 2.27. The highest BCUT2D eigenvalue weighted by Crippen LogP contribution is 2.39. The number of ether oxygens (including phenoxy) is 2. The van der Waals surface area contributed by atoms with Gasteiger partial charge in [0.25, 0.3) is 5.69 Å². The van der Waals surface area contributed by atoms with Crippen molar-refractivity contribution in [3.63, 3.8) is 0 Å². The zero-order valence-corrected chi connectivity index (χ0v) is 9.87. The molecule has 1 rings (SSSR count). The van der Waals surface area contributed by atoms with E-state index in [9.17, 15) is 19.7 Å². The van der Waals surface area contributed by atoms with Gasteiger partial charge < -0.3 is 19.7 Å². The summed E-state index contributed by atoms with van der Waals surface area (Å²) in [5.41, 5.74) is -2.68. The van der Waals surface area contributed by atoms with Crippen molar-refractivity contribution < 1.29 is 34.2 Å². The lowest BCUT2D eigenvalue weighted by atomic mass is 10.0. The van der Waals surface area contributed by atoms with Crippen LogP contribution in [0.25, 0.3) is 0 Å². The number of methoxy groups -OCH3 is 2. The molecule has 0 saturated heterocycles. The average Bonchev–Trinajstić information content (AvgIpc) is 2.35. The Hall–Kier alpha value is -2.84. The normalized spacial score (nSPS) is 9.79. The molecule has 0 aliphatic carbocycles. The van der Waals surface area contributed by atoms with Crippen LogP contribution >= 0.6 is 0 Å². The van der Waals surface area contributed by atoms with Crippen LogP contribution in [0.15, 0.2) is 6.07 Å². The molecule has 9 heteroatoms. The van der Waals surface area contributed by atoms with E-state index < -0.39 is 39.4 Å². The summed E-state index contributed by atoms with van der Waals surface area (Å²) < 4.78 is 9.53. The van der Waals surface area contributed by atoms with Crippen molar-refractivity contribution in [1.29, 1.82) is 0 Å². The smallest absolute Gasteiger partial charge is 0.343 e. The summed E-state index contributed by atoms with van der Waals surface area (Å²) in [5.74, 6) is -4.05. The molecular formula is C10H9NO8. The van der Waals surface area contributed by atoms with Gasteiger partial charge in [-0.2, -0.15) is 0 Å². The first-order valence-corrected chi connectivity index (χ1v) is 4.75. The molecule has 2 N–H and O–H groups in total. The maximum absolute atomic E-state index is 11.1. The Morgan fingerprint density at radius 1 is 1.16 bits per heavy atom. The van der Waals surface area contributed by atoms with Crippen LogP contribution in [0.4, 0.5) is 5.69 Å². The molecule has 0 heterocycles. The summed E-state index contributed by atoms with van der Waals surface area (Å²) in [6.07, 6.45) is 0. The van der Waals surface area contributed by atoms with Crippen LogP contribution in [-0.4, -0.2) is 41.3 Å². The number of aromatic carboxylic acids is 2. The van der Waals surface area contributed by atoms with Crippen molar-refractivity contribution in [2.75, 3.05) is 14.2 Å². The Bertz CT molecular complexity index is 565. The van der Waals surface area contributed by atoms with Gasteiger partial charge in [0.1, 0.15) is 5.56 Å². The van der Waals surface area contributed by atoms with Crippen molar-refractivity contribution >= 4 is 17.6 Å². The Kier molecular flexibility index (Phi) is 3.90.